The summed E-state index contributed by atoms with van der Waals surface area (Å²) >= 11 is 13.5. The molecule has 0 saturated heterocycles. The van der Waals surface area contributed by atoms with Crippen LogP contribution in [0.25, 0.3) is 0 Å². The van der Waals surface area contributed by atoms with Crippen molar-refractivity contribution in [1.29, 1.82) is 0 Å². The molecule has 6 heteroatoms. The molecular weight excluding hydrogens is 253 g/mol. The Morgan fingerprint density at radius 2 is 2.20 bits per heavy atom. The molecule has 0 aromatic carbocycles. The molecule has 2 N–H and O–H groups in total. The van der Waals surface area contributed by atoms with Crippen LogP contribution in [0.5, 0.6) is 0 Å². The molecule has 2 aromatic rings. The number of thiophene rings is 1. The van der Waals surface area contributed by atoms with Crippen molar-refractivity contribution in [1.82, 2.24) is 9.78 Å². The molecule has 0 aliphatic heterocycles. The van der Waals surface area contributed by atoms with Gasteiger partial charge in [0.05, 0.1) is 28.0 Å². The summed E-state index contributed by atoms with van der Waals surface area (Å²) in [6, 6.07) is 1.50. The van der Waals surface area contributed by atoms with Crippen molar-refractivity contribution in [3.8, 4) is 0 Å². The first kappa shape index (κ1) is 11.0. The quantitative estimate of drug-likeness (QED) is 0.904. The van der Waals surface area contributed by atoms with Gasteiger partial charge in [-0.25, -0.2) is 0 Å². The van der Waals surface area contributed by atoms with Crippen LogP contribution in [-0.4, -0.2) is 9.78 Å². The number of hydrogen-bond donors (Lipinski definition) is 1. The van der Waals surface area contributed by atoms with Crippen molar-refractivity contribution in [3.05, 3.63) is 38.3 Å². The average Bonchev–Trinajstić information content (AvgIpc) is 2.73. The number of nitrogens with two attached hydrogens (primary N) is 1. The van der Waals surface area contributed by atoms with Crippen LogP contribution in [0, 0.1) is 0 Å². The van der Waals surface area contributed by atoms with Gasteiger partial charge in [0.15, 0.2) is 0 Å². The minimum absolute atomic E-state index is 0.322. The van der Waals surface area contributed by atoms with Crippen LogP contribution in [0.1, 0.15) is 16.6 Å². The van der Waals surface area contributed by atoms with Gasteiger partial charge in [0.25, 0.3) is 0 Å². The Balaban J connectivity index is 2.45. The summed E-state index contributed by atoms with van der Waals surface area (Å²) in [5.74, 6) is 0. The van der Waals surface area contributed by atoms with Crippen molar-refractivity contribution in [3.63, 3.8) is 0 Å². The molecule has 3 nitrogen and oxygen atoms in total. The van der Waals surface area contributed by atoms with E-state index in [4.69, 9.17) is 28.9 Å². The van der Waals surface area contributed by atoms with Crippen molar-refractivity contribution < 1.29 is 0 Å². The molecule has 0 amide bonds. The van der Waals surface area contributed by atoms with E-state index in [1.807, 2.05) is 18.5 Å². The Morgan fingerprint density at radius 3 is 2.67 bits per heavy atom. The lowest BCUT2D eigenvalue weighted by Crippen LogP contribution is -2.15. The van der Waals surface area contributed by atoms with Gasteiger partial charge in [-0.3, -0.25) is 4.68 Å². The van der Waals surface area contributed by atoms with Crippen LogP contribution in [0.15, 0.2) is 17.6 Å². The monoisotopic (exact) mass is 261 g/mol. The molecule has 15 heavy (non-hydrogen) atoms. The number of hydrogen-bond acceptors (Lipinski definition) is 3. The van der Waals surface area contributed by atoms with Crippen molar-refractivity contribution >= 4 is 34.5 Å². The summed E-state index contributed by atoms with van der Waals surface area (Å²) in [6.45, 7) is 0. The number of aryl methyl sites for hydroxylation is 1. The van der Waals surface area contributed by atoms with Gasteiger partial charge >= 0.3 is 0 Å². The Kier molecular flexibility index (Phi) is 3.02. The van der Waals surface area contributed by atoms with Gasteiger partial charge in [-0.1, -0.05) is 23.2 Å². The molecule has 0 aliphatic carbocycles. The van der Waals surface area contributed by atoms with Crippen LogP contribution in [0.2, 0.25) is 10.0 Å². The SMILES string of the molecule is Cn1ncc(Cl)c1C(N)c1sccc1Cl. The third kappa shape index (κ3) is 1.90. The smallest absolute Gasteiger partial charge is 0.0847 e. The highest BCUT2D eigenvalue weighted by Gasteiger charge is 2.20. The molecule has 0 bridgehead atoms. The molecule has 0 spiro atoms. The number of halogens is 2. The second kappa shape index (κ2) is 4.14. The van der Waals surface area contributed by atoms with Crippen molar-refractivity contribution in [2.24, 2.45) is 12.8 Å². The Hall–Kier alpha value is -0.550. The normalized spacial score (nSPS) is 13.1. The maximum Gasteiger partial charge on any atom is 0.0847 e. The van der Waals surface area contributed by atoms with Gasteiger partial charge in [0, 0.05) is 11.9 Å². The van der Waals surface area contributed by atoms with E-state index in [-0.39, 0.29) is 6.04 Å². The van der Waals surface area contributed by atoms with E-state index < -0.39 is 0 Å². The first-order valence-electron chi connectivity index (χ1n) is 4.27. The van der Waals surface area contributed by atoms with E-state index in [1.54, 1.807) is 10.9 Å². The first-order valence-corrected chi connectivity index (χ1v) is 5.90. The van der Waals surface area contributed by atoms with Gasteiger partial charge in [-0.2, -0.15) is 5.10 Å². The van der Waals surface area contributed by atoms with E-state index >= 15 is 0 Å². The maximum atomic E-state index is 6.09. The summed E-state index contributed by atoms with van der Waals surface area (Å²) < 4.78 is 1.67. The maximum absolute atomic E-state index is 6.09. The third-order valence-electron chi connectivity index (χ3n) is 2.16. The predicted octanol–water partition coefficient (Wildman–Crippen LogP) is 2.84. The van der Waals surface area contributed by atoms with E-state index in [0.29, 0.717) is 10.0 Å². The summed E-state index contributed by atoms with van der Waals surface area (Å²) in [6.07, 6.45) is 1.58. The lowest BCUT2D eigenvalue weighted by Gasteiger charge is -2.11. The Bertz CT molecular complexity index is 458. The van der Waals surface area contributed by atoms with Crippen LogP contribution in [0.4, 0.5) is 0 Å². The lowest BCUT2D eigenvalue weighted by atomic mass is 10.2. The molecule has 2 aromatic heterocycles. The highest BCUT2D eigenvalue weighted by Crippen LogP contribution is 2.33. The fraction of sp³-hybridized carbons (Fsp3) is 0.222. The van der Waals surface area contributed by atoms with Crippen LogP contribution < -0.4 is 5.73 Å². The number of nitrogens with zero attached hydrogens (tertiary/aromatic N) is 2. The third-order valence-corrected chi connectivity index (χ3v) is 3.89. The molecule has 0 saturated carbocycles. The number of rotatable bonds is 2. The molecule has 0 radical (unpaired) electrons. The predicted molar refractivity (Wildman–Crippen MR) is 63.6 cm³/mol. The van der Waals surface area contributed by atoms with E-state index in [9.17, 15) is 0 Å². The molecule has 2 rings (SSSR count). The van der Waals surface area contributed by atoms with E-state index in [2.05, 4.69) is 5.10 Å². The van der Waals surface area contributed by atoms with Crippen LogP contribution in [0.3, 0.4) is 0 Å². The zero-order chi connectivity index (χ0) is 11.0. The van der Waals surface area contributed by atoms with Gasteiger partial charge in [0.1, 0.15) is 0 Å². The average molecular weight is 262 g/mol. The molecule has 0 aliphatic rings. The lowest BCUT2D eigenvalue weighted by molar-refractivity contribution is 0.678. The largest absolute Gasteiger partial charge is 0.318 e. The van der Waals surface area contributed by atoms with Gasteiger partial charge in [-0.15, -0.1) is 11.3 Å². The molecule has 1 atom stereocenters. The highest BCUT2D eigenvalue weighted by atomic mass is 35.5. The minimum Gasteiger partial charge on any atom is -0.318 e. The summed E-state index contributed by atoms with van der Waals surface area (Å²) in [4.78, 5) is 0.905. The minimum atomic E-state index is -0.322. The zero-order valence-corrected chi connectivity index (χ0v) is 10.3. The van der Waals surface area contributed by atoms with Gasteiger partial charge in [-0.05, 0) is 11.4 Å². The molecule has 0 fully saturated rings. The van der Waals surface area contributed by atoms with Gasteiger partial charge in [0.2, 0.25) is 0 Å². The fourth-order valence-corrected chi connectivity index (χ4v) is 2.88. The highest BCUT2D eigenvalue weighted by molar-refractivity contribution is 7.10. The van der Waals surface area contributed by atoms with Crippen LogP contribution >= 0.6 is 34.5 Å². The molecule has 2 heterocycles. The summed E-state index contributed by atoms with van der Waals surface area (Å²) in [7, 11) is 1.81. The Labute approximate surface area is 101 Å². The second-order valence-electron chi connectivity index (χ2n) is 3.11. The van der Waals surface area contributed by atoms with E-state index in [1.165, 1.54) is 11.3 Å². The summed E-state index contributed by atoms with van der Waals surface area (Å²) in [5, 5.41) is 7.18. The van der Waals surface area contributed by atoms with E-state index in [0.717, 1.165) is 10.6 Å². The molecule has 80 valence electrons. The number of aromatic nitrogens is 2. The topological polar surface area (TPSA) is 43.8 Å². The fourth-order valence-electron chi connectivity index (χ4n) is 1.42. The molecular formula is C9H9Cl2N3S. The second-order valence-corrected chi connectivity index (χ2v) is 4.87. The van der Waals surface area contributed by atoms with Crippen molar-refractivity contribution in [2.75, 3.05) is 0 Å². The zero-order valence-electron chi connectivity index (χ0n) is 7.95. The summed E-state index contributed by atoms with van der Waals surface area (Å²) in [5.41, 5.74) is 6.87. The van der Waals surface area contributed by atoms with Crippen molar-refractivity contribution in [2.45, 2.75) is 6.04 Å². The van der Waals surface area contributed by atoms with Gasteiger partial charge < -0.3 is 5.73 Å². The first-order chi connectivity index (χ1) is 7.11. The van der Waals surface area contributed by atoms with Crippen LogP contribution in [-0.2, 0) is 7.05 Å². The molecule has 1 unspecified atom stereocenters. The Morgan fingerprint density at radius 1 is 1.47 bits per heavy atom. The standard InChI is InChI=1S/C9H9Cl2N3S/c1-14-8(6(11)4-13-14)7(12)9-5(10)2-3-15-9/h2-4,7H,12H2,1H3.